The molecular formula is C13H8BrF3N2O. The highest BCUT2D eigenvalue weighted by Gasteiger charge is 2.32. The Bertz CT molecular complexity index is 707. The minimum atomic E-state index is -4.61. The van der Waals surface area contributed by atoms with E-state index in [0.29, 0.717) is 0 Å². The first-order valence-corrected chi connectivity index (χ1v) is 6.26. The summed E-state index contributed by atoms with van der Waals surface area (Å²) in [6.07, 6.45) is -1.68. The minimum absolute atomic E-state index is 0.0546. The lowest BCUT2D eigenvalue weighted by molar-refractivity contribution is -0.141. The van der Waals surface area contributed by atoms with Gasteiger partial charge in [-0.05, 0) is 29.8 Å². The number of rotatable bonds is 2. The molecule has 1 aromatic heterocycles. The zero-order chi connectivity index (χ0) is 14.8. The first-order valence-electron chi connectivity index (χ1n) is 5.47. The predicted molar refractivity (Wildman–Crippen MR) is 72.9 cm³/mol. The molecule has 1 N–H and O–H groups in total. The molecule has 0 radical (unpaired) electrons. The third-order valence-corrected chi connectivity index (χ3v) is 2.86. The minimum Gasteiger partial charge on any atom is -0.302 e. The lowest BCUT2D eigenvalue weighted by atomic mass is 10.2. The molecule has 2 rings (SSSR count). The van der Waals surface area contributed by atoms with E-state index in [2.05, 4.69) is 20.9 Å². The molecule has 0 aliphatic heterocycles. The van der Waals surface area contributed by atoms with Crippen molar-refractivity contribution in [2.24, 2.45) is 0 Å². The van der Waals surface area contributed by atoms with Gasteiger partial charge in [0.15, 0.2) is 0 Å². The SMILES string of the molecule is O=c1nc(/C=C/c2cccc(Br)c2)cc(C(F)(F)F)[nH]1. The number of aromatic amines is 1. The Hall–Kier alpha value is -1.89. The Morgan fingerprint density at radius 1 is 1.20 bits per heavy atom. The topological polar surface area (TPSA) is 45.8 Å². The monoisotopic (exact) mass is 344 g/mol. The fraction of sp³-hybridized carbons (Fsp3) is 0.0769. The third-order valence-electron chi connectivity index (χ3n) is 2.37. The second-order valence-corrected chi connectivity index (χ2v) is 4.83. The highest BCUT2D eigenvalue weighted by molar-refractivity contribution is 9.10. The number of nitrogens with one attached hydrogen (secondary N) is 1. The van der Waals surface area contributed by atoms with E-state index < -0.39 is 17.6 Å². The van der Waals surface area contributed by atoms with Crippen molar-refractivity contribution >= 4 is 28.1 Å². The average molecular weight is 345 g/mol. The summed E-state index contributed by atoms with van der Waals surface area (Å²) in [5.41, 5.74) is -1.43. The summed E-state index contributed by atoms with van der Waals surface area (Å²) < 4.78 is 38.4. The normalized spacial score (nSPS) is 12.0. The second kappa shape index (κ2) is 5.62. The first-order chi connectivity index (χ1) is 9.34. The van der Waals surface area contributed by atoms with Gasteiger partial charge in [-0.2, -0.15) is 18.2 Å². The first kappa shape index (κ1) is 14.5. The Morgan fingerprint density at radius 2 is 1.95 bits per heavy atom. The molecule has 20 heavy (non-hydrogen) atoms. The molecule has 0 spiro atoms. The van der Waals surface area contributed by atoms with Crippen LogP contribution in [-0.4, -0.2) is 9.97 Å². The Kier molecular flexibility index (Phi) is 4.08. The van der Waals surface area contributed by atoms with Crippen LogP contribution in [0.1, 0.15) is 17.0 Å². The molecule has 0 unspecified atom stereocenters. The number of alkyl halides is 3. The van der Waals surface area contributed by atoms with Gasteiger partial charge in [-0.3, -0.25) is 0 Å². The van der Waals surface area contributed by atoms with Crippen molar-refractivity contribution in [3.63, 3.8) is 0 Å². The van der Waals surface area contributed by atoms with E-state index in [4.69, 9.17) is 0 Å². The molecule has 7 heteroatoms. The maximum atomic E-state index is 12.5. The van der Waals surface area contributed by atoms with Gasteiger partial charge in [0.05, 0.1) is 5.69 Å². The molecule has 0 atom stereocenters. The summed E-state index contributed by atoms with van der Waals surface area (Å²) in [7, 11) is 0. The molecule has 0 bridgehead atoms. The number of halogens is 4. The van der Waals surface area contributed by atoms with Crippen LogP contribution in [-0.2, 0) is 6.18 Å². The van der Waals surface area contributed by atoms with Crippen LogP contribution in [0.2, 0.25) is 0 Å². The number of H-pyrrole nitrogens is 1. The van der Waals surface area contributed by atoms with Crippen LogP contribution in [0.3, 0.4) is 0 Å². The summed E-state index contributed by atoms with van der Waals surface area (Å²) in [5.74, 6) is 0. The van der Waals surface area contributed by atoms with Gasteiger partial charge in [-0.15, -0.1) is 0 Å². The van der Waals surface area contributed by atoms with E-state index in [1.807, 2.05) is 6.07 Å². The van der Waals surface area contributed by atoms with E-state index in [9.17, 15) is 18.0 Å². The summed E-state index contributed by atoms with van der Waals surface area (Å²) in [6.45, 7) is 0. The molecule has 104 valence electrons. The lowest BCUT2D eigenvalue weighted by Gasteiger charge is -2.05. The van der Waals surface area contributed by atoms with Crippen LogP contribution in [0.25, 0.3) is 12.2 Å². The molecule has 0 fully saturated rings. The standard InChI is InChI=1S/C13H8BrF3N2O/c14-9-3-1-2-8(6-9)4-5-10-7-11(13(15,16)17)19-12(20)18-10/h1-7H,(H,18,19,20)/b5-4+. The van der Waals surface area contributed by atoms with Gasteiger partial charge in [0.2, 0.25) is 0 Å². The molecule has 0 saturated carbocycles. The highest BCUT2D eigenvalue weighted by Crippen LogP contribution is 2.27. The Morgan fingerprint density at radius 3 is 2.60 bits per heavy atom. The lowest BCUT2D eigenvalue weighted by Crippen LogP contribution is -2.19. The van der Waals surface area contributed by atoms with E-state index >= 15 is 0 Å². The van der Waals surface area contributed by atoms with Crippen molar-refractivity contribution in [1.82, 2.24) is 9.97 Å². The fourth-order valence-electron chi connectivity index (χ4n) is 1.51. The summed E-state index contributed by atoms with van der Waals surface area (Å²) in [6, 6.07) is 7.96. The average Bonchev–Trinajstić information content (AvgIpc) is 2.35. The summed E-state index contributed by atoms with van der Waals surface area (Å²) in [5, 5.41) is 0. The number of hydrogen-bond donors (Lipinski definition) is 1. The highest BCUT2D eigenvalue weighted by atomic mass is 79.9. The number of hydrogen-bond acceptors (Lipinski definition) is 2. The van der Waals surface area contributed by atoms with Crippen LogP contribution in [0.4, 0.5) is 13.2 Å². The smallest absolute Gasteiger partial charge is 0.302 e. The molecule has 3 nitrogen and oxygen atoms in total. The molecule has 1 aromatic carbocycles. The van der Waals surface area contributed by atoms with Crippen molar-refractivity contribution in [2.75, 3.05) is 0 Å². The van der Waals surface area contributed by atoms with Gasteiger partial charge < -0.3 is 4.98 Å². The van der Waals surface area contributed by atoms with Crippen molar-refractivity contribution in [3.8, 4) is 0 Å². The maximum Gasteiger partial charge on any atom is 0.431 e. The largest absolute Gasteiger partial charge is 0.431 e. The van der Waals surface area contributed by atoms with Crippen molar-refractivity contribution in [3.05, 3.63) is 62.2 Å². The van der Waals surface area contributed by atoms with Gasteiger partial charge in [-0.25, -0.2) is 4.79 Å². The van der Waals surface area contributed by atoms with Crippen LogP contribution >= 0.6 is 15.9 Å². The number of aromatic nitrogens is 2. The van der Waals surface area contributed by atoms with Crippen molar-refractivity contribution < 1.29 is 13.2 Å². The number of benzene rings is 1. The zero-order valence-electron chi connectivity index (χ0n) is 9.91. The molecule has 0 amide bonds. The van der Waals surface area contributed by atoms with Crippen LogP contribution in [0, 0.1) is 0 Å². The summed E-state index contributed by atoms with van der Waals surface area (Å²) in [4.78, 5) is 16.3. The molecule has 0 aliphatic rings. The predicted octanol–water partition coefficient (Wildman–Crippen LogP) is 3.72. The van der Waals surface area contributed by atoms with Gasteiger partial charge in [0.1, 0.15) is 5.69 Å². The molecular weight excluding hydrogens is 337 g/mol. The Labute approximate surface area is 120 Å². The van der Waals surface area contributed by atoms with E-state index in [1.165, 1.54) is 6.08 Å². The van der Waals surface area contributed by atoms with E-state index in [-0.39, 0.29) is 5.69 Å². The third kappa shape index (κ3) is 3.80. The maximum absolute atomic E-state index is 12.5. The second-order valence-electron chi connectivity index (χ2n) is 3.91. The molecule has 0 aliphatic carbocycles. The van der Waals surface area contributed by atoms with Gasteiger partial charge in [0.25, 0.3) is 0 Å². The van der Waals surface area contributed by atoms with E-state index in [0.717, 1.165) is 16.1 Å². The summed E-state index contributed by atoms with van der Waals surface area (Å²) >= 11 is 3.28. The van der Waals surface area contributed by atoms with Gasteiger partial charge >= 0.3 is 11.9 Å². The van der Waals surface area contributed by atoms with Crippen molar-refractivity contribution in [1.29, 1.82) is 0 Å². The van der Waals surface area contributed by atoms with Crippen molar-refractivity contribution in [2.45, 2.75) is 6.18 Å². The molecule has 0 saturated heterocycles. The fourth-order valence-corrected chi connectivity index (χ4v) is 1.92. The molecule has 1 heterocycles. The van der Waals surface area contributed by atoms with E-state index in [1.54, 1.807) is 29.3 Å². The zero-order valence-corrected chi connectivity index (χ0v) is 11.5. The quantitative estimate of drug-likeness (QED) is 0.902. The Balaban J connectivity index is 2.34. The van der Waals surface area contributed by atoms with Crippen LogP contribution in [0.5, 0.6) is 0 Å². The van der Waals surface area contributed by atoms with Crippen LogP contribution < -0.4 is 5.69 Å². The number of nitrogens with zero attached hydrogens (tertiary/aromatic N) is 1. The van der Waals surface area contributed by atoms with Gasteiger partial charge in [0, 0.05) is 4.47 Å². The van der Waals surface area contributed by atoms with Crippen LogP contribution in [0.15, 0.2) is 39.6 Å². The molecule has 2 aromatic rings. The van der Waals surface area contributed by atoms with Gasteiger partial charge in [-0.1, -0.05) is 34.1 Å².